The van der Waals surface area contributed by atoms with Crippen LogP contribution in [0.5, 0.6) is 11.5 Å². The average Bonchev–Trinajstić information content (AvgIpc) is 2.53. The minimum Gasteiger partial charge on any atom is -0.494 e. The van der Waals surface area contributed by atoms with E-state index in [1.807, 2.05) is 38.1 Å². The summed E-state index contributed by atoms with van der Waals surface area (Å²) < 4.78 is 11.6. The molecule has 0 bridgehead atoms. The van der Waals surface area contributed by atoms with E-state index in [9.17, 15) is 0 Å². The Hall–Kier alpha value is -2.16. The Balaban J connectivity index is 1.89. The summed E-state index contributed by atoms with van der Waals surface area (Å²) in [7, 11) is 0. The van der Waals surface area contributed by atoms with Crippen LogP contribution in [0.25, 0.3) is 0 Å². The van der Waals surface area contributed by atoms with Crippen molar-refractivity contribution in [3.63, 3.8) is 0 Å². The fourth-order valence-corrected chi connectivity index (χ4v) is 2.31. The normalized spacial score (nSPS) is 10.9. The number of hydrogen-bond acceptors (Lipinski definition) is 3. The lowest BCUT2D eigenvalue weighted by molar-refractivity contribution is 0.242. The van der Waals surface area contributed by atoms with Gasteiger partial charge in [0.15, 0.2) is 0 Å². The van der Waals surface area contributed by atoms with Gasteiger partial charge in [-0.05, 0) is 56.0 Å². The molecule has 0 spiro atoms. The van der Waals surface area contributed by atoms with Crippen molar-refractivity contribution < 1.29 is 9.47 Å². The van der Waals surface area contributed by atoms with Gasteiger partial charge in [-0.1, -0.05) is 32.0 Å². The number of benzene rings is 2. The highest BCUT2D eigenvalue weighted by Crippen LogP contribution is 2.20. The van der Waals surface area contributed by atoms with E-state index >= 15 is 0 Å². The summed E-state index contributed by atoms with van der Waals surface area (Å²) >= 11 is 0. The Bertz CT molecular complexity index is 623. The summed E-state index contributed by atoms with van der Waals surface area (Å²) in [4.78, 5) is 0. The SMILES string of the molecule is CC(C)CCOc1cccc(NCc2cccc(OC(C)C)c2)c1. The fourth-order valence-electron chi connectivity index (χ4n) is 2.31. The van der Waals surface area contributed by atoms with Crippen molar-refractivity contribution in [1.29, 1.82) is 0 Å². The van der Waals surface area contributed by atoms with Crippen LogP contribution in [-0.4, -0.2) is 12.7 Å². The molecule has 0 amide bonds. The summed E-state index contributed by atoms with van der Waals surface area (Å²) in [6.45, 7) is 10.0. The molecule has 0 aromatic heterocycles. The Kier molecular flexibility index (Phi) is 6.98. The summed E-state index contributed by atoms with van der Waals surface area (Å²) in [5.41, 5.74) is 2.26. The third-order valence-electron chi connectivity index (χ3n) is 3.56. The number of rotatable bonds is 9. The van der Waals surface area contributed by atoms with E-state index in [0.29, 0.717) is 5.92 Å². The van der Waals surface area contributed by atoms with E-state index in [0.717, 1.165) is 36.8 Å². The molecule has 3 nitrogen and oxygen atoms in total. The number of anilines is 1. The van der Waals surface area contributed by atoms with Crippen LogP contribution in [0.15, 0.2) is 48.5 Å². The highest BCUT2D eigenvalue weighted by Gasteiger charge is 2.01. The second-order valence-electron chi connectivity index (χ2n) is 6.73. The van der Waals surface area contributed by atoms with E-state index < -0.39 is 0 Å². The first-order valence-electron chi connectivity index (χ1n) is 8.75. The van der Waals surface area contributed by atoms with Crippen LogP contribution in [0.1, 0.15) is 39.7 Å². The minimum absolute atomic E-state index is 0.188. The van der Waals surface area contributed by atoms with Crippen molar-refractivity contribution in [2.24, 2.45) is 5.92 Å². The monoisotopic (exact) mass is 327 g/mol. The second kappa shape index (κ2) is 9.21. The molecule has 0 saturated carbocycles. The third kappa shape index (κ3) is 6.53. The van der Waals surface area contributed by atoms with Crippen molar-refractivity contribution in [1.82, 2.24) is 0 Å². The maximum atomic E-state index is 5.81. The minimum atomic E-state index is 0.188. The van der Waals surface area contributed by atoms with E-state index in [4.69, 9.17) is 9.47 Å². The standard InChI is InChI=1S/C21H29NO2/c1-16(2)11-12-23-20-9-6-8-19(14-20)22-15-18-7-5-10-21(13-18)24-17(3)4/h5-10,13-14,16-17,22H,11-12,15H2,1-4H3. The molecule has 0 saturated heterocycles. The van der Waals surface area contributed by atoms with Gasteiger partial charge in [-0.3, -0.25) is 0 Å². The van der Waals surface area contributed by atoms with Crippen LogP contribution in [0.4, 0.5) is 5.69 Å². The maximum Gasteiger partial charge on any atom is 0.121 e. The molecule has 0 aliphatic heterocycles. The van der Waals surface area contributed by atoms with Crippen LogP contribution < -0.4 is 14.8 Å². The number of ether oxygens (including phenoxy) is 2. The molecule has 0 radical (unpaired) electrons. The van der Waals surface area contributed by atoms with Gasteiger partial charge in [0.2, 0.25) is 0 Å². The van der Waals surface area contributed by atoms with Crippen LogP contribution in [0.3, 0.4) is 0 Å². The lowest BCUT2D eigenvalue weighted by Gasteiger charge is -2.13. The second-order valence-corrected chi connectivity index (χ2v) is 6.73. The van der Waals surface area contributed by atoms with Crippen LogP contribution in [0.2, 0.25) is 0 Å². The molecule has 130 valence electrons. The zero-order valence-electron chi connectivity index (χ0n) is 15.2. The Morgan fingerprint density at radius 2 is 1.67 bits per heavy atom. The highest BCUT2D eigenvalue weighted by atomic mass is 16.5. The van der Waals surface area contributed by atoms with Gasteiger partial charge in [0, 0.05) is 18.3 Å². The molecule has 0 aliphatic carbocycles. The van der Waals surface area contributed by atoms with E-state index in [-0.39, 0.29) is 6.10 Å². The zero-order valence-corrected chi connectivity index (χ0v) is 15.2. The van der Waals surface area contributed by atoms with Crippen molar-refractivity contribution in [2.75, 3.05) is 11.9 Å². The molecular weight excluding hydrogens is 298 g/mol. The van der Waals surface area contributed by atoms with Crippen LogP contribution >= 0.6 is 0 Å². The number of hydrogen-bond donors (Lipinski definition) is 1. The highest BCUT2D eigenvalue weighted by molar-refractivity contribution is 5.48. The molecule has 2 aromatic carbocycles. The summed E-state index contributed by atoms with van der Waals surface area (Å²) in [6.07, 6.45) is 1.26. The maximum absolute atomic E-state index is 5.81. The quantitative estimate of drug-likeness (QED) is 0.658. The van der Waals surface area contributed by atoms with Crippen LogP contribution in [-0.2, 0) is 6.54 Å². The van der Waals surface area contributed by atoms with Crippen molar-refractivity contribution in [2.45, 2.75) is 46.8 Å². The van der Waals surface area contributed by atoms with E-state index in [2.05, 4.69) is 43.4 Å². The Labute approximate surface area is 146 Å². The van der Waals surface area contributed by atoms with Crippen molar-refractivity contribution in [3.8, 4) is 11.5 Å². The van der Waals surface area contributed by atoms with Gasteiger partial charge in [-0.2, -0.15) is 0 Å². The fraction of sp³-hybridized carbons (Fsp3) is 0.429. The third-order valence-corrected chi connectivity index (χ3v) is 3.56. The lowest BCUT2D eigenvalue weighted by atomic mass is 10.1. The van der Waals surface area contributed by atoms with Gasteiger partial charge in [-0.25, -0.2) is 0 Å². The van der Waals surface area contributed by atoms with Gasteiger partial charge in [0.05, 0.1) is 12.7 Å². The predicted octanol–water partition coefficient (Wildman–Crippen LogP) is 5.51. The summed E-state index contributed by atoms with van der Waals surface area (Å²) in [5.74, 6) is 2.49. The van der Waals surface area contributed by atoms with Gasteiger partial charge in [0.25, 0.3) is 0 Å². The molecule has 2 aromatic rings. The molecular formula is C21H29NO2. The molecule has 0 atom stereocenters. The van der Waals surface area contributed by atoms with Gasteiger partial charge in [0.1, 0.15) is 11.5 Å². The smallest absolute Gasteiger partial charge is 0.121 e. The molecule has 24 heavy (non-hydrogen) atoms. The first-order valence-corrected chi connectivity index (χ1v) is 8.75. The molecule has 0 heterocycles. The summed E-state index contributed by atoms with van der Waals surface area (Å²) in [6, 6.07) is 16.3. The zero-order chi connectivity index (χ0) is 17.4. The van der Waals surface area contributed by atoms with Gasteiger partial charge >= 0.3 is 0 Å². The predicted molar refractivity (Wildman–Crippen MR) is 101 cm³/mol. The molecule has 0 unspecified atom stereocenters. The molecule has 2 rings (SSSR count). The topological polar surface area (TPSA) is 30.5 Å². The first kappa shape index (κ1) is 18.2. The summed E-state index contributed by atoms with van der Waals surface area (Å²) in [5, 5.41) is 3.45. The van der Waals surface area contributed by atoms with E-state index in [1.165, 1.54) is 5.56 Å². The average molecular weight is 327 g/mol. The first-order chi connectivity index (χ1) is 11.5. The van der Waals surface area contributed by atoms with E-state index in [1.54, 1.807) is 0 Å². The molecule has 0 fully saturated rings. The van der Waals surface area contributed by atoms with Crippen molar-refractivity contribution >= 4 is 5.69 Å². The Morgan fingerprint density at radius 3 is 2.42 bits per heavy atom. The molecule has 3 heteroatoms. The largest absolute Gasteiger partial charge is 0.494 e. The molecule has 0 aliphatic rings. The number of nitrogens with one attached hydrogen (secondary N) is 1. The van der Waals surface area contributed by atoms with Crippen LogP contribution in [0, 0.1) is 5.92 Å². The lowest BCUT2D eigenvalue weighted by Crippen LogP contribution is -2.06. The van der Waals surface area contributed by atoms with Gasteiger partial charge < -0.3 is 14.8 Å². The Morgan fingerprint density at radius 1 is 0.917 bits per heavy atom. The van der Waals surface area contributed by atoms with Crippen molar-refractivity contribution in [3.05, 3.63) is 54.1 Å². The van der Waals surface area contributed by atoms with Gasteiger partial charge in [-0.15, -0.1) is 0 Å². The molecule has 1 N–H and O–H groups in total.